The molecular weight excluding hydrogens is 274 g/mol. The third-order valence-corrected chi connectivity index (χ3v) is 4.06. The van der Waals surface area contributed by atoms with Crippen LogP contribution < -0.4 is 4.90 Å². The first-order valence-corrected chi connectivity index (χ1v) is 7.81. The smallest absolute Gasteiger partial charge is 0.150 e. The van der Waals surface area contributed by atoms with Crippen LogP contribution in [0.2, 0.25) is 0 Å². The summed E-state index contributed by atoms with van der Waals surface area (Å²) in [6, 6.07) is 16.2. The molecular formula is C19H21NO2. The van der Waals surface area contributed by atoms with Gasteiger partial charge in [-0.2, -0.15) is 0 Å². The van der Waals surface area contributed by atoms with Crippen molar-refractivity contribution in [1.82, 2.24) is 0 Å². The van der Waals surface area contributed by atoms with Crippen molar-refractivity contribution < 1.29 is 9.53 Å². The number of hydrogen-bond donors (Lipinski definition) is 0. The van der Waals surface area contributed by atoms with Crippen molar-refractivity contribution in [3.05, 3.63) is 65.2 Å². The Hall–Kier alpha value is -2.13. The molecule has 114 valence electrons. The molecule has 1 aliphatic heterocycles. The lowest BCUT2D eigenvalue weighted by molar-refractivity contribution is 0.112. The Morgan fingerprint density at radius 3 is 2.82 bits per heavy atom. The van der Waals surface area contributed by atoms with Gasteiger partial charge in [0.25, 0.3) is 0 Å². The van der Waals surface area contributed by atoms with Gasteiger partial charge in [-0.05, 0) is 42.2 Å². The molecule has 0 aliphatic carbocycles. The molecule has 1 heterocycles. The molecule has 0 bridgehead atoms. The topological polar surface area (TPSA) is 29.5 Å². The van der Waals surface area contributed by atoms with Crippen molar-refractivity contribution in [3.63, 3.8) is 0 Å². The van der Waals surface area contributed by atoms with Gasteiger partial charge in [0, 0.05) is 30.9 Å². The predicted molar refractivity (Wildman–Crippen MR) is 88.5 cm³/mol. The summed E-state index contributed by atoms with van der Waals surface area (Å²) in [5, 5.41) is 0. The van der Waals surface area contributed by atoms with E-state index in [9.17, 15) is 4.79 Å². The van der Waals surface area contributed by atoms with Crippen LogP contribution in [0.4, 0.5) is 5.69 Å². The zero-order chi connectivity index (χ0) is 15.2. The maximum absolute atomic E-state index is 10.8. The van der Waals surface area contributed by atoms with E-state index in [1.165, 1.54) is 16.8 Å². The van der Waals surface area contributed by atoms with Crippen LogP contribution in [0, 0.1) is 0 Å². The molecule has 0 saturated carbocycles. The van der Waals surface area contributed by atoms with Crippen molar-refractivity contribution in [2.24, 2.45) is 0 Å². The van der Waals surface area contributed by atoms with Crippen LogP contribution in [0.5, 0.6) is 0 Å². The summed E-state index contributed by atoms with van der Waals surface area (Å²) in [5.41, 5.74) is 4.55. The standard InChI is InChI=1S/C19H21NO2/c21-14-17-7-8-19-18(13-17)9-11-20(19)10-4-12-22-15-16-5-2-1-3-6-16/h1-3,5-8,13-14H,4,9-12,15H2. The van der Waals surface area contributed by atoms with Gasteiger partial charge < -0.3 is 9.64 Å². The fourth-order valence-electron chi connectivity index (χ4n) is 2.92. The second-order valence-corrected chi connectivity index (χ2v) is 5.63. The number of carbonyl (C=O) groups excluding carboxylic acids is 1. The highest BCUT2D eigenvalue weighted by atomic mass is 16.5. The predicted octanol–water partition coefficient (Wildman–Crippen LogP) is 3.47. The molecule has 0 fully saturated rings. The number of ether oxygens (including phenoxy) is 1. The summed E-state index contributed by atoms with van der Waals surface area (Å²) in [5.74, 6) is 0. The molecule has 22 heavy (non-hydrogen) atoms. The molecule has 0 atom stereocenters. The van der Waals surface area contributed by atoms with Crippen LogP contribution in [0.1, 0.15) is 27.9 Å². The number of hydrogen-bond acceptors (Lipinski definition) is 3. The van der Waals surface area contributed by atoms with Crippen LogP contribution in [0.3, 0.4) is 0 Å². The van der Waals surface area contributed by atoms with Gasteiger partial charge in [-0.25, -0.2) is 0 Å². The van der Waals surface area contributed by atoms with E-state index in [2.05, 4.69) is 23.1 Å². The minimum absolute atomic E-state index is 0.681. The van der Waals surface area contributed by atoms with Crippen molar-refractivity contribution in [1.29, 1.82) is 0 Å². The second kappa shape index (κ2) is 7.23. The van der Waals surface area contributed by atoms with Crippen LogP contribution in [-0.4, -0.2) is 26.0 Å². The molecule has 0 unspecified atom stereocenters. The fraction of sp³-hybridized carbons (Fsp3) is 0.316. The minimum Gasteiger partial charge on any atom is -0.377 e. The SMILES string of the molecule is O=Cc1ccc2c(c1)CCN2CCCOCc1ccccc1. The largest absolute Gasteiger partial charge is 0.377 e. The molecule has 0 N–H and O–H groups in total. The highest BCUT2D eigenvalue weighted by Crippen LogP contribution is 2.28. The summed E-state index contributed by atoms with van der Waals surface area (Å²) in [6.07, 6.45) is 2.96. The zero-order valence-corrected chi connectivity index (χ0v) is 12.7. The van der Waals surface area contributed by atoms with E-state index in [1.807, 2.05) is 30.3 Å². The first kappa shape index (κ1) is 14.8. The Kier molecular flexibility index (Phi) is 4.86. The molecule has 2 aromatic carbocycles. The van der Waals surface area contributed by atoms with Gasteiger partial charge in [-0.3, -0.25) is 4.79 Å². The molecule has 3 rings (SSSR count). The lowest BCUT2D eigenvalue weighted by Gasteiger charge is -2.19. The van der Waals surface area contributed by atoms with Crippen LogP contribution >= 0.6 is 0 Å². The highest BCUT2D eigenvalue weighted by molar-refractivity contribution is 5.77. The summed E-state index contributed by atoms with van der Waals surface area (Å²) in [4.78, 5) is 13.2. The minimum atomic E-state index is 0.681. The van der Waals surface area contributed by atoms with Crippen LogP contribution in [-0.2, 0) is 17.8 Å². The number of carbonyl (C=O) groups is 1. The third-order valence-electron chi connectivity index (χ3n) is 4.06. The number of anilines is 1. The first-order valence-electron chi connectivity index (χ1n) is 7.81. The molecule has 0 spiro atoms. The normalized spacial score (nSPS) is 13.2. The van der Waals surface area contributed by atoms with Crippen molar-refractivity contribution >= 4 is 12.0 Å². The van der Waals surface area contributed by atoms with Gasteiger partial charge in [0.15, 0.2) is 0 Å². The van der Waals surface area contributed by atoms with Gasteiger partial charge in [0.2, 0.25) is 0 Å². The quantitative estimate of drug-likeness (QED) is 0.578. The Morgan fingerprint density at radius 2 is 2.00 bits per heavy atom. The maximum Gasteiger partial charge on any atom is 0.150 e. The van der Waals surface area contributed by atoms with Gasteiger partial charge in [-0.15, -0.1) is 0 Å². The number of aldehydes is 1. The summed E-state index contributed by atoms with van der Waals surface area (Å²) < 4.78 is 5.73. The molecule has 0 radical (unpaired) electrons. The van der Waals surface area contributed by atoms with E-state index >= 15 is 0 Å². The van der Waals surface area contributed by atoms with E-state index in [4.69, 9.17) is 4.74 Å². The number of rotatable bonds is 7. The lowest BCUT2D eigenvalue weighted by atomic mass is 10.1. The van der Waals surface area contributed by atoms with Gasteiger partial charge in [0.1, 0.15) is 6.29 Å². The van der Waals surface area contributed by atoms with Crippen LogP contribution in [0.15, 0.2) is 48.5 Å². The lowest BCUT2D eigenvalue weighted by Crippen LogP contribution is -2.22. The number of nitrogens with zero attached hydrogens (tertiary/aromatic N) is 1. The Morgan fingerprint density at radius 1 is 1.14 bits per heavy atom. The van der Waals surface area contributed by atoms with E-state index in [0.29, 0.717) is 6.61 Å². The molecule has 2 aromatic rings. The maximum atomic E-state index is 10.8. The van der Waals surface area contributed by atoms with Crippen molar-refractivity contribution in [2.45, 2.75) is 19.4 Å². The van der Waals surface area contributed by atoms with Crippen molar-refractivity contribution in [2.75, 3.05) is 24.6 Å². The van der Waals surface area contributed by atoms with E-state index < -0.39 is 0 Å². The highest BCUT2D eigenvalue weighted by Gasteiger charge is 2.18. The molecule has 0 saturated heterocycles. The fourth-order valence-corrected chi connectivity index (χ4v) is 2.92. The number of benzene rings is 2. The Labute approximate surface area is 131 Å². The summed E-state index contributed by atoms with van der Waals surface area (Å²) in [6.45, 7) is 3.49. The Balaban J connectivity index is 1.43. The third kappa shape index (κ3) is 3.55. The average molecular weight is 295 g/mol. The molecule has 1 aliphatic rings. The molecule has 0 aromatic heterocycles. The first-order chi connectivity index (χ1) is 10.9. The monoisotopic (exact) mass is 295 g/mol. The Bertz CT molecular complexity index is 625. The molecule has 3 nitrogen and oxygen atoms in total. The van der Waals surface area contributed by atoms with E-state index in [1.54, 1.807) is 0 Å². The van der Waals surface area contributed by atoms with Gasteiger partial charge >= 0.3 is 0 Å². The van der Waals surface area contributed by atoms with E-state index in [-0.39, 0.29) is 0 Å². The second-order valence-electron chi connectivity index (χ2n) is 5.63. The van der Waals surface area contributed by atoms with E-state index in [0.717, 1.165) is 44.4 Å². The molecule has 3 heteroatoms. The summed E-state index contributed by atoms with van der Waals surface area (Å²) in [7, 11) is 0. The van der Waals surface area contributed by atoms with Crippen LogP contribution in [0.25, 0.3) is 0 Å². The van der Waals surface area contributed by atoms with Crippen molar-refractivity contribution in [3.8, 4) is 0 Å². The summed E-state index contributed by atoms with van der Waals surface area (Å²) >= 11 is 0. The average Bonchev–Trinajstić information content (AvgIpc) is 2.97. The zero-order valence-electron chi connectivity index (χ0n) is 12.7. The van der Waals surface area contributed by atoms with Gasteiger partial charge in [-0.1, -0.05) is 30.3 Å². The number of fused-ring (bicyclic) bond motifs is 1. The molecule has 0 amide bonds. The van der Waals surface area contributed by atoms with Gasteiger partial charge in [0.05, 0.1) is 6.61 Å².